The number of quaternary nitrogens is 1. The second-order valence-corrected chi connectivity index (χ2v) is 7.00. The predicted octanol–water partition coefficient (Wildman–Crippen LogP) is 2.41. The molecule has 2 aromatic rings. The highest BCUT2D eigenvalue weighted by Crippen LogP contribution is 2.36. The number of esters is 1. The van der Waals surface area contributed by atoms with Crippen LogP contribution in [0.2, 0.25) is 0 Å². The van der Waals surface area contributed by atoms with E-state index >= 15 is 0 Å². The van der Waals surface area contributed by atoms with Gasteiger partial charge in [-0.15, -0.1) is 0 Å². The lowest BCUT2D eigenvalue weighted by Gasteiger charge is -2.51. The van der Waals surface area contributed by atoms with E-state index in [4.69, 9.17) is 9.26 Å². The fraction of sp³-hybridized carbons (Fsp3) is 0.500. The van der Waals surface area contributed by atoms with Gasteiger partial charge in [0.05, 0.1) is 13.1 Å². The molecule has 5 rings (SSSR count). The Balaban J connectivity index is 1.50. The van der Waals surface area contributed by atoms with Crippen LogP contribution < -0.4 is 0 Å². The van der Waals surface area contributed by atoms with E-state index < -0.39 is 0 Å². The summed E-state index contributed by atoms with van der Waals surface area (Å²) in [6.45, 7) is 5.28. The third-order valence-electron chi connectivity index (χ3n) is 5.32. The van der Waals surface area contributed by atoms with Crippen molar-refractivity contribution in [2.75, 3.05) is 19.6 Å². The van der Waals surface area contributed by atoms with Crippen molar-refractivity contribution >= 4 is 5.97 Å². The number of piperidine rings is 3. The van der Waals surface area contributed by atoms with Gasteiger partial charge in [-0.2, -0.15) is 4.98 Å². The summed E-state index contributed by atoms with van der Waals surface area (Å²) in [7, 11) is 0. The van der Waals surface area contributed by atoms with Crippen LogP contribution in [-0.2, 0) is 16.1 Å². The van der Waals surface area contributed by atoms with E-state index in [1.807, 2.05) is 30.3 Å². The van der Waals surface area contributed by atoms with E-state index in [9.17, 15) is 4.79 Å². The number of benzene rings is 1. The lowest BCUT2D eigenvalue weighted by atomic mass is 9.83. The van der Waals surface area contributed by atoms with Gasteiger partial charge in [-0.05, 0) is 12.1 Å². The molecule has 0 N–H and O–H groups in total. The maximum atomic E-state index is 11.3. The van der Waals surface area contributed by atoms with Crippen molar-refractivity contribution < 1.29 is 18.5 Å². The minimum absolute atomic E-state index is 0.0329. The Labute approximate surface area is 141 Å². The zero-order chi connectivity index (χ0) is 16.6. The smallest absolute Gasteiger partial charge is 0.303 e. The zero-order valence-electron chi connectivity index (χ0n) is 13.9. The van der Waals surface area contributed by atoms with Gasteiger partial charge in [-0.3, -0.25) is 4.79 Å². The molecule has 1 aromatic carbocycles. The molecule has 0 aliphatic carbocycles. The van der Waals surface area contributed by atoms with Crippen LogP contribution >= 0.6 is 0 Å². The standard InChI is InChI=1S/C18H22N3O3/c1-13(22)23-16-11-21(9-7-14(16)8-10-21)12-17-19-18(24-20-17)15-5-3-2-4-6-15/h2-6,14,16H,7-12H2,1H3/q+1. The van der Waals surface area contributed by atoms with Crippen molar-refractivity contribution in [3.05, 3.63) is 36.2 Å². The number of carbonyl (C=O) groups excluding carboxylic acids is 1. The van der Waals surface area contributed by atoms with Gasteiger partial charge in [-0.1, -0.05) is 23.4 Å². The molecule has 3 aliphatic heterocycles. The Kier molecular flexibility index (Phi) is 3.84. The van der Waals surface area contributed by atoms with Gasteiger partial charge in [0.1, 0.15) is 13.1 Å². The fourth-order valence-electron chi connectivity index (χ4n) is 4.11. The van der Waals surface area contributed by atoms with Crippen molar-refractivity contribution in [2.24, 2.45) is 5.92 Å². The number of ether oxygens (including phenoxy) is 1. The quantitative estimate of drug-likeness (QED) is 0.637. The Morgan fingerprint density at radius 1 is 1.29 bits per heavy atom. The molecule has 126 valence electrons. The van der Waals surface area contributed by atoms with E-state index in [0.717, 1.165) is 54.9 Å². The van der Waals surface area contributed by atoms with E-state index in [1.165, 1.54) is 6.92 Å². The van der Waals surface area contributed by atoms with Crippen LogP contribution in [0.25, 0.3) is 11.5 Å². The molecule has 6 heteroatoms. The molecule has 0 radical (unpaired) electrons. The van der Waals surface area contributed by atoms with Gasteiger partial charge >= 0.3 is 5.97 Å². The molecule has 4 heterocycles. The summed E-state index contributed by atoms with van der Waals surface area (Å²) >= 11 is 0. The highest BCUT2D eigenvalue weighted by Gasteiger charge is 2.48. The summed E-state index contributed by atoms with van der Waals surface area (Å²) in [4.78, 5) is 15.9. The van der Waals surface area contributed by atoms with Gasteiger partial charge in [0, 0.05) is 31.2 Å². The summed E-state index contributed by atoms with van der Waals surface area (Å²) in [6, 6.07) is 9.81. The first-order chi connectivity index (χ1) is 11.6. The number of rotatable bonds is 4. The number of fused-ring (bicyclic) bond motifs is 3. The van der Waals surface area contributed by atoms with Crippen LogP contribution in [0.15, 0.2) is 34.9 Å². The molecule has 6 nitrogen and oxygen atoms in total. The molecule has 0 saturated carbocycles. The number of aromatic nitrogens is 2. The SMILES string of the molecule is CC(=O)OC1C[N+]2(Cc3noc(-c4ccccc4)n3)CCC1CC2. The maximum absolute atomic E-state index is 11.3. The zero-order valence-corrected chi connectivity index (χ0v) is 13.9. The monoisotopic (exact) mass is 328 g/mol. The summed E-state index contributed by atoms with van der Waals surface area (Å²) in [5.41, 5.74) is 0.936. The lowest BCUT2D eigenvalue weighted by molar-refractivity contribution is -0.958. The molecule has 3 fully saturated rings. The van der Waals surface area contributed by atoms with Gasteiger partial charge in [0.25, 0.3) is 5.89 Å². The molecule has 1 unspecified atom stereocenters. The van der Waals surface area contributed by atoms with Gasteiger partial charge in [0.2, 0.25) is 5.82 Å². The Morgan fingerprint density at radius 3 is 2.75 bits per heavy atom. The molecule has 2 bridgehead atoms. The number of hydrogen-bond acceptors (Lipinski definition) is 5. The lowest BCUT2D eigenvalue weighted by Crippen LogP contribution is -2.63. The van der Waals surface area contributed by atoms with Crippen molar-refractivity contribution in [1.29, 1.82) is 0 Å². The Hall–Kier alpha value is -2.21. The van der Waals surface area contributed by atoms with Crippen LogP contribution in [0.3, 0.4) is 0 Å². The summed E-state index contributed by atoms with van der Waals surface area (Å²) in [5.74, 6) is 1.62. The average Bonchev–Trinajstić information content (AvgIpc) is 3.04. The Morgan fingerprint density at radius 2 is 2.04 bits per heavy atom. The van der Waals surface area contributed by atoms with Crippen LogP contribution in [0, 0.1) is 5.92 Å². The summed E-state index contributed by atoms with van der Waals surface area (Å²) in [6.07, 6.45) is 2.23. The number of carbonyl (C=O) groups is 1. The molecular formula is C18H22N3O3+. The summed E-state index contributed by atoms with van der Waals surface area (Å²) in [5, 5.41) is 4.17. The van der Waals surface area contributed by atoms with Crippen LogP contribution in [0.1, 0.15) is 25.6 Å². The van der Waals surface area contributed by atoms with Gasteiger partial charge in [0.15, 0.2) is 6.10 Å². The number of hydrogen-bond donors (Lipinski definition) is 0. The Bertz CT molecular complexity index is 720. The molecule has 1 atom stereocenters. The molecule has 3 saturated heterocycles. The van der Waals surface area contributed by atoms with Crippen molar-refractivity contribution in [3.8, 4) is 11.5 Å². The van der Waals surface area contributed by atoms with Crippen molar-refractivity contribution in [1.82, 2.24) is 10.1 Å². The van der Waals surface area contributed by atoms with E-state index in [1.54, 1.807) is 0 Å². The van der Waals surface area contributed by atoms with Crippen molar-refractivity contribution in [3.63, 3.8) is 0 Å². The minimum Gasteiger partial charge on any atom is -0.456 e. The third kappa shape index (κ3) is 2.94. The first kappa shape index (κ1) is 15.3. The molecule has 24 heavy (non-hydrogen) atoms. The predicted molar refractivity (Wildman–Crippen MR) is 86.6 cm³/mol. The molecule has 0 spiro atoms. The normalized spacial score (nSPS) is 28.7. The first-order valence-corrected chi connectivity index (χ1v) is 8.54. The van der Waals surface area contributed by atoms with E-state index in [2.05, 4.69) is 10.1 Å². The number of nitrogens with zero attached hydrogens (tertiary/aromatic N) is 3. The van der Waals surface area contributed by atoms with Crippen LogP contribution in [-0.4, -0.2) is 46.3 Å². The minimum atomic E-state index is -0.183. The van der Waals surface area contributed by atoms with Crippen LogP contribution in [0.5, 0.6) is 0 Å². The fourth-order valence-corrected chi connectivity index (χ4v) is 4.11. The molecular weight excluding hydrogens is 306 g/mol. The first-order valence-electron chi connectivity index (χ1n) is 8.54. The van der Waals surface area contributed by atoms with E-state index in [-0.39, 0.29) is 12.1 Å². The van der Waals surface area contributed by atoms with Crippen molar-refractivity contribution in [2.45, 2.75) is 32.4 Å². The molecule has 1 aromatic heterocycles. The van der Waals surface area contributed by atoms with Crippen LogP contribution in [0.4, 0.5) is 0 Å². The molecule has 3 aliphatic rings. The van der Waals surface area contributed by atoms with Gasteiger partial charge in [-0.25, -0.2) is 0 Å². The summed E-state index contributed by atoms with van der Waals surface area (Å²) < 4.78 is 11.9. The average molecular weight is 328 g/mol. The largest absolute Gasteiger partial charge is 0.456 e. The third-order valence-corrected chi connectivity index (χ3v) is 5.32. The highest BCUT2D eigenvalue weighted by atomic mass is 16.5. The van der Waals surface area contributed by atoms with E-state index in [0.29, 0.717) is 11.8 Å². The van der Waals surface area contributed by atoms with Gasteiger partial charge < -0.3 is 13.7 Å². The second kappa shape index (κ2) is 6.02. The topological polar surface area (TPSA) is 65.2 Å². The molecule has 0 amide bonds. The second-order valence-electron chi connectivity index (χ2n) is 7.00. The highest BCUT2D eigenvalue weighted by molar-refractivity contribution is 5.66. The maximum Gasteiger partial charge on any atom is 0.303 e.